The maximum Gasteiger partial charge on any atom is 0.239 e. The number of nitrogens with one attached hydrogen (secondary N) is 2. The van der Waals surface area contributed by atoms with Gasteiger partial charge < -0.3 is 15.5 Å². The number of hydrogen-bond donors (Lipinski definition) is 2. The molecule has 1 aromatic rings. The molecule has 0 spiro atoms. The number of rotatable bonds is 6. The number of anilines is 1. The standard InChI is InChI=1S/C17H27N3O/c1-3-10-18-15(4-2)14-8-5-6-9-16(14)20-12-7-11-19-17(21)13-20/h5-6,8-9,15,18H,3-4,7,10-13H2,1-2H3,(H,19,21). The van der Waals surface area contributed by atoms with Crippen LogP contribution in [0.5, 0.6) is 0 Å². The summed E-state index contributed by atoms with van der Waals surface area (Å²) in [6.07, 6.45) is 3.18. The molecule has 2 rings (SSSR count). The number of amides is 1. The summed E-state index contributed by atoms with van der Waals surface area (Å²) >= 11 is 0. The molecule has 4 nitrogen and oxygen atoms in total. The van der Waals surface area contributed by atoms with Gasteiger partial charge in [0.1, 0.15) is 0 Å². The van der Waals surface area contributed by atoms with E-state index in [1.165, 1.54) is 11.3 Å². The molecule has 1 fully saturated rings. The summed E-state index contributed by atoms with van der Waals surface area (Å²) in [6, 6.07) is 8.84. The fraction of sp³-hybridized carbons (Fsp3) is 0.588. The van der Waals surface area contributed by atoms with Crippen molar-refractivity contribution in [2.75, 3.05) is 31.1 Å². The van der Waals surface area contributed by atoms with Gasteiger partial charge in [-0.3, -0.25) is 4.79 Å². The molecular formula is C17H27N3O. The van der Waals surface area contributed by atoms with Crippen molar-refractivity contribution in [2.24, 2.45) is 0 Å². The minimum absolute atomic E-state index is 0.122. The van der Waals surface area contributed by atoms with Gasteiger partial charge in [0.15, 0.2) is 0 Å². The van der Waals surface area contributed by atoms with Crippen LogP contribution in [0.25, 0.3) is 0 Å². The van der Waals surface area contributed by atoms with Crippen LogP contribution in [0, 0.1) is 0 Å². The number of nitrogens with zero attached hydrogens (tertiary/aromatic N) is 1. The first kappa shape index (κ1) is 15.8. The highest BCUT2D eigenvalue weighted by Crippen LogP contribution is 2.28. The molecular weight excluding hydrogens is 262 g/mol. The van der Waals surface area contributed by atoms with Gasteiger partial charge in [-0.05, 0) is 37.4 Å². The number of para-hydroxylation sites is 1. The molecule has 0 aromatic heterocycles. The number of hydrogen-bond acceptors (Lipinski definition) is 3. The Balaban J connectivity index is 2.24. The Labute approximate surface area is 127 Å². The van der Waals surface area contributed by atoms with Crippen LogP contribution in [0.1, 0.15) is 44.7 Å². The third-order valence-corrected chi connectivity index (χ3v) is 3.96. The molecule has 0 aliphatic carbocycles. The Morgan fingerprint density at radius 2 is 2.14 bits per heavy atom. The minimum atomic E-state index is 0.122. The highest BCUT2D eigenvalue weighted by atomic mass is 16.2. The van der Waals surface area contributed by atoms with Crippen molar-refractivity contribution in [3.05, 3.63) is 29.8 Å². The van der Waals surface area contributed by atoms with E-state index in [1.807, 2.05) is 0 Å². The summed E-state index contributed by atoms with van der Waals surface area (Å²) in [4.78, 5) is 14.0. The lowest BCUT2D eigenvalue weighted by Crippen LogP contribution is -2.34. The van der Waals surface area contributed by atoms with Crippen molar-refractivity contribution in [3.8, 4) is 0 Å². The Bertz CT molecular complexity index is 461. The molecule has 4 heteroatoms. The first-order valence-electron chi connectivity index (χ1n) is 8.10. The average Bonchev–Trinajstić information content (AvgIpc) is 2.73. The zero-order valence-electron chi connectivity index (χ0n) is 13.2. The van der Waals surface area contributed by atoms with Crippen molar-refractivity contribution < 1.29 is 4.79 Å². The molecule has 1 atom stereocenters. The van der Waals surface area contributed by atoms with Gasteiger partial charge in [-0.15, -0.1) is 0 Å². The van der Waals surface area contributed by atoms with Crippen LogP contribution >= 0.6 is 0 Å². The van der Waals surface area contributed by atoms with Crippen molar-refractivity contribution in [3.63, 3.8) is 0 Å². The van der Waals surface area contributed by atoms with E-state index in [-0.39, 0.29) is 5.91 Å². The van der Waals surface area contributed by atoms with E-state index in [4.69, 9.17) is 0 Å². The van der Waals surface area contributed by atoms with Crippen molar-refractivity contribution >= 4 is 11.6 Å². The summed E-state index contributed by atoms with van der Waals surface area (Å²) in [7, 11) is 0. The second kappa shape index (κ2) is 8.03. The maximum absolute atomic E-state index is 11.8. The lowest BCUT2D eigenvalue weighted by Gasteiger charge is -2.28. The fourth-order valence-corrected chi connectivity index (χ4v) is 2.87. The van der Waals surface area contributed by atoms with Crippen LogP contribution in [0.4, 0.5) is 5.69 Å². The quantitative estimate of drug-likeness (QED) is 0.845. The van der Waals surface area contributed by atoms with Gasteiger partial charge >= 0.3 is 0 Å². The van der Waals surface area contributed by atoms with Crippen LogP contribution in [-0.4, -0.2) is 32.1 Å². The monoisotopic (exact) mass is 289 g/mol. The van der Waals surface area contributed by atoms with Crippen molar-refractivity contribution in [2.45, 2.75) is 39.2 Å². The average molecular weight is 289 g/mol. The van der Waals surface area contributed by atoms with Crippen LogP contribution in [0.3, 0.4) is 0 Å². The summed E-state index contributed by atoms with van der Waals surface area (Å²) in [5.41, 5.74) is 2.51. The third-order valence-electron chi connectivity index (χ3n) is 3.96. The predicted octanol–water partition coefficient (Wildman–Crippen LogP) is 2.46. The van der Waals surface area contributed by atoms with Gasteiger partial charge in [0.05, 0.1) is 6.54 Å². The van der Waals surface area contributed by atoms with E-state index in [0.717, 1.165) is 38.9 Å². The largest absolute Gasteiger partial charge is 0.362 e. The SMILES string of the molecule is CCCNC(CC)c1ccccc1N1CCCNC(=O)C1. The fourth-order valence-electron chi connectivity index (χ4n) is 2.87. The van der Waals surface area contributed by atoms with Gasteiger partial charge in [-0.25, -0.2) is 0 Å². The summed E-state index contributed by atoms with van der Waals surface area (Å²) in [5.74, 6) is 0.122. The molecule has 0 radical (unpaired) electrons. The highest BCUT2D eigenvalue weighted by molar-refractivity contribution is 5.82. The van der Waals surface area contributed by atoms with Crippen LogP contribution in [0.2, 0.25) is 0 Å². The van der Waals surface area contributed by atoms with Crippen molar-refractivity contribution in [1.29, 1.82) is 0 Å². The molecule has 1 aliphatic rings. The molecule has 1 heterocycles. The highest BCUT2D eigenvalue weighted by Gasteiger charge is 2.20. The zero-order chi connectivity index (χ0) is 15.1. The first-order valence-corrected chi connectivity index (χ1v) is 8.10. The zero-order valence-corrected chi connectivity index (χ0v) is 13.2. The Hall–Kier alpha value is -1.55. The lowest BCUT2D eigenvalue weighted by molar-refractivity contribution is -0.119. The van der Waals surface area contributed by atoms with Gasteiger partial charge in [-0.2, -0.15) is 0 Å². The van der Waals surface area contributed by atoms with E-state index in [1.54, 1.807) is 0 Å². The molecule has 21 heavy (non-hydrogen) atoms. The van der Waals surface area contributed by atoms with Crippen LogP contribution in [-0.2, 0) is 4.79 Å². The summed E-state index contributed by atoms with van der Waals surface area (Å²) < 4.78 is 0. The van der Waals surface area contributed by atoms with E-state index in [2.05, 4.69) is 53.6 Å². The van der Waals surface area contributed by atoms with Crippen LogP contribution < -0.4 is 15.5 Å². The van der Waals surface area contributed by atoms with Crippen molar-refractivity contribution in [1.82, 2.24) is 10.6 Å². The number of carbonyl (C=O) groups excluding carboxylic acids is 1. The van der Waals surface area contributed by atoms with E-state index in [0.29, 0.717) is 12.6 Å². The van der Waals surface area contributed by atoms with E-state index < -0.39 is 0 Å². The Morgan fingerprint density at radius 1 is 1.33 bits per heavy atom. The van der Waals surface area contributed by atoms with E-state index in [9.17, 15) is 4.79 Å². The van der Waals surface area contributed by atoms with Crippen LogP contribution in [0.15, 0.2) is 24.3 Å². The summed E-state index contributed by atoms with van der Waals surface area (Å²) in [6.45, 7) is 7.58. The molecule has 0 saturated carbocycles. The van der Waals surface area contributed by atoms with Gasteiger partial charge in [0.25, 0.3) is 0 Å². The predicted molar refractivity (Wildman–Crippen MR) is 87.6 cm³/mol. The number of benzene rings is 1. The molecule has 0 bridgehead atoms. The maximum atomic E-state index is 11.8. The Kier molecular flexibility index (Phi) is 6.05. The Morgan fingerprint density at radius 3 is 2.90 bits per heavy atom. The topological polar surface area (TPSA) is 44.4 Å². The molecule has 2 N–H and O–H groups in total. The minimum Gasteiger partial charge on any atom is -0.362 e. The normalized spacial score (nSPS) is 17.2. The lowest BCUT2D eigenvalue weighted by atomic mass is 10.0. The molecule has 1 aromatic carbocycles. The third kappa shape index (κ3) is 4.21. The smallest absolute Gasteiger partial charge is 0.239 e. The van der Waals surface area contributed by atoms with E-state index >= 15 is 0 Å². The molecule has 1 saturated heterocycles. The number of carbonyl (C=O) groups is 1. The van der Waals surface area contributed by atoms with Gasteiger partial charge in [0.2, 0.25) is 5.91 Å². The molecule has 1 aliphatic heterocycles. The molecule has 116 valence electrons. The molecule has 1 amide bonds. The molecule has 1 unspecified atom stereocenters. The van der Waals surface area contributed by atoms with Gasteiger partial charge in [-0.1, -0.05) is 32.0 Å². The summed E-state index contributed by atoms with van der Waals surface area (Å²) in [5, 5.41) is 6.56. The first-order chi connectivity index (χ1) is 10.3. The van der Waals surface area contributed by atoms with Gasteiger partial charge in [0, 0.05) is 24.8 Å². The second-order valence-corrected chi connectivity index (χ2v) is 5.60. The second-order valence-electron chi connectivity index (χ2n) is 5.60.